The van der Waals surface area contributed by atoms with Crippen molar-refractivity contribution in [3.63, 3.8) is 0 Å². The summed E-state index contributed by atoms with van der Waals surface area (Å²) in [4.78, 5) is 13.8. The van der Waals surface area contributed by atoms with Crippen molar-refractivity contribution in [1.82, 2.24) is 4.90 Å². The number of rotatable bonds is 4. The van der Waals surface area contributed by atoms with E-state index in [1.165, 1.54) is 5.56 Å². The van der Waals surface area contributed by atoms with Crippen LogP contribution in [-0.2, 0) is 12.1 Å². The number of carboxylic acid groups (broad SMARTS) is 1. The van der Waals surface area contributed by atoms with E-state index in [2.05, 4.69) is 33.0 Å². The smallest absolute Gasteiger partial charge is 0.336 e. The molecule has 0 saturated carbocycles. The van der Waals surface area contributed by atoms with Crippen molar-refractivity contribution in [3.8, 4) is 0 Å². The van der Waals surface area contributed by atoms with Gasteiger partial charge in [-0.1, -0.05) is 52.3 Å². The molecule has 2 aromatic rings. The third kappa shape index (κ3) is 4.67. The predicted molar refractivity (Wildman–Crippen MR) is 99.4 cm³/mol. The summed E-state index contributed by atoms with van der Waals surface area (Å²) in [6, 6.07) is 15.3. The standard InChI is InChI=1S/C19H20BrNO3.N2/c20-15-6-7-17(16(12-15)18(22)23)19(24)8-10-21(11-9-19)13-14-4-2-1-3-5-14;1-2/h1-7,12,24H,8-11,13H2,(H,22,23);. The second kappa shape index (κ2) is 8.90. The van der Waals surface area contributed by atoms with Crippen LogP contribution in [-0.4, -0.2) is 34.2 Å². The number of piperidine rings is 1. The van der Waals surface area contributed by atoms with Gasteiger partial charge in [-0.05, 0) is 36.1 Å². The molecule has 0 unspecified atom stereocenters. The van der Waals surface area contributed by atoms with Gasteiger partial charge in [0.2, 0.25) is 0 Å². The Bertz CT molecular complexity index is 772. The summed E-state index contributed by atoms with van der Waals surface area (Å²) in [5, 5.41) is 32.5. The molecule has 2 aromatic carbocycles. The van der Waals surface area contributed by atoms with Crippen molar-refractivity contribution < 1.29 is 15.0 Å². The second-order valence-electron chi connectivity index (χ2n) is 6.29. The number of aliphatic hydroxyl groups is 1. The Balaban J connectivity index is 0.00000117. The summed E-state index contributed by atoms with van der Waals surface area (Å²) in [5.41, 5.74) is 0.848. The molecular formula is C19H20BrN3O3. The number of aromatic carboxylic acids is 1. The van der Waals surface area contributed by atoms with E-state index < -0.39 is 11.6 Å². The van der Waals surface area contributed by atoms with Gasteiger partial charge in [-0.2, -0.15) is 0 Å². The molecule has 136 valence electrons. The summed E-state index contributed by atoms with van der Waals surface area (Å²) in [6.45, 7) is 2.32. The van der Waals surface area contributed by atoms with Gasteiger partial charge < -0.3 is 10.2 Å². The lowest BCUT2D eigenvalue weighted by atomic mass is 9.82. The lowest BCUT2D eigenvalue weighted by Gasteiger charge is -2.39. The molecule has 1 heterocycles. The number of carbonyl (C=O) groups is 1. The van der Waals surface area contributed by atoms with E-state index in [-0.39, 0.29) is 5.56 Å². The Morgan fingerprint density at radius 1 is 1.12 bits per heavy atom. The first kappa shape index (κ1) is 20.0. The van der Waals surface area contributed by atoms with Crippen LogP contribution in [0.4, 0.5) is 0 Å². The molecule has 0 radical (unpaired) electrons. The maximum atomic E-state index is 11.5. The molecule has 0 spiro atoms. The summed E-state index contributed by atoms with van der Waals surface area (Å²) < 4.78 is 0.703. The van der Waals surface area contributed by atoms with Crippen LogP contribution in [0.2, 0.25) is 0 Å². The normalized spacial score (nSPS) is 16.3. The van der Waals surface area contributed by atoms with E-state index in [1.807, 2.05) is 18.2 Å². The third-order valence-electron chi connectivity index (χ3n) is 4.65. The highest BCUT2D eigenvalue weighted by atomic mass is 79.9. The molecule has 3 rings (SSSR count). The van der Waals surface area contributed by atoms with E-state index in [4.69, 9.17) is 10.8 Å². The molecule has 0 atom stereocenters. The Kier molecular flexibility index (Phi) is 6.86. The maximum Gasteiger partial charge on any atom is 0.336 e. The number of halogens is 1. The monoisotopic (exact) mass is 417 g/mol. The number of carboxylic acids is 1. The first-order chi connectivity index (χ1) is 12.5. The van der Waals surface area contributed by atoms with Crippen LogP contribution in [0.1, 0.15) is 34.3 Å². The van der Waals surface area contributed by atoms with Crippen molar-refractivity contribution in [2.45, 2.75) is 25.0 Å². The zero-order valence-corrected chi connectivity index (χ0v) is 15.8. The first-order valence-electron chi connectivity index (χ1n) is 8.20. The largest absolute Gasteiger partial charge is 0.478 e. The fraction of sp³-hybridized carbons (Fsp3) is 0.316. The van der Waals surface area contributed by atoms with Gasteiger partial charge in [0.15, 0.2) is 0 Å². The van der Waals surface area contributed by atoms with Crippen LogP contribution in [0.3, 0.4) is 0 Å². The van der Waals surface area contributed by atoms with Gasteiger partial charge in [0.1, 0.15) is 0 Å². The van der Waals surface area contributed by atoms with Crippen LogP contribution < -0.4 is 0 Å². The van der Waals surface area contributed by atoms with E-state index >= 15 is 0 Å². The Morgan fingerprint density at radius 3 is 2.31 bits per heavy atom. The van der Waals surface area contributed by atoms with E-state index in [0.717, 1.165) is 19.6 Å². The molecule has 7 heteroatoms. The van der Waals surface area contributed by atoms with Gasteiger partial charge in [-0.15, -0.1) is 0 Å². The molecule has 0 aromatic heterocycles. The number of benzene rings is 2. The fourth-order valence-electron chi connectivity index (χ4n) is 3.29. The van der Waals surface area contributed by atoms with Crippen LogP contribution in [0, 0.1) is 10.8 Å². The minimum absolute atomic E-state index is 0.170. The van der Waals surface area contributed by atoms with Gasteiger partial charge in [0, 0.05) is 34.9 Å². The Hall–Kier alpha value is -2.27. The molecule has 1 saturated heterocycles. The maximum absolute atomic E-state index is 11.5. The van der Waals surface area contributed by atoms with Crippen LogP contribution in [0.5, 0.6) is 0 Å². The highest BCUT2D eigenvalue weighted by Gasteiger charge is 2.36. The van der Waals surface area contributed by atoms with Crippen molar-refractivity contribution in [1.29, 1.82) is 10.8 Å². The van der Waals surface area contributed by atoms with Crippen molar-refractivity contribution >= 4 is 21.9 Å². The number of hydrogen-bond acceptors (Lipinski definition) is 5. The highest BCUT2D eigenvalue weighted by molar-refractivity contribution is 9.10. The summed E-state index contributed by atoms with van der Waals surface area (Å²) >= 11 is 3.30. The van der Waals surface area contributed by atoms with Gasteiger partial charge in [0.05, 0.1) is 11.2 Å². The van der Waals surface area contributed by atoms with Crippen LogP contribution in [0.25, 0.3) is 0 Å². The van der Waals surface area contributed by atoms with Crippen molar-refractivity contribution in [2.24, 2.45) is 0 Å². The zero-order chi connectivity index (χ0) is 19.2. The quantitative estimate of drug-likeness (QED) is 0.734. The molecule has 1 aliphatic heterocycles. The third-order valence-corrected chi connectivity index (χ3v) is 5.14. The molecule has 2 N–H and O–H groups in total. The minimum atomic E-state index is -1.08. The molecule has 1 aliphatic rings. The number of hydrogen-bond donors (Lipinski definition) is 2. The minimum Gasteiger partial charge on any atom is -0.478 e. The van der Waals surface area contributed by atoms with Gasteiger partial charge in [-0.3, -0.25) is 4.90 Å². The highest BCUT2D eigenvalue weighted by Crippen LogP contribution is 2.36. The van der Waals surface area contributed by atoms with Gasteiger partial charge in [0.25, 0.3) is 0 Å². The lowest BCUT2D eigenvalue weighted by molar-refractivity contribution is -0.0286. The first-order valence-corrected chi connectivity index (χ1v) is 8.99. The molecular weight excluding hydrogens is 398 g/mol. The van der Waals surface area contributed by atoms with Crippen molar-refractivity contribution in [3.05, 3.63) is 69.7 Å². The van der Waals surface area contributed by atoms with Crippen LogP contribution in [0.15, 0.2) is 53.0 Å². The zero-order valence-electron chi connectivity index (χ0n) is 14.2. The fourth-order valence-corrected chi connectivity index (χ4v) is 3.65. The molecule has 6 nitrogen and oxygen atoms in total. The Morgan fingerprint density at radius 2 is 1.73 bits per heavy atom. The topological polar surface area (TPSA) is 108 Å². The van der Waals surface area contributed by atoms with Crippen LogP contribution >= 0.6 is 15.9 Å². The van der Waals surface area contributed by atoms with Gasteiger partial charge >= 0.3 is 5.97 Å². The number of likely N-dealkylation sites (tertiary alicyclic amines) is 1. The molecule has 26 heavy (non-hydrogen) atoms. The van der Waals surface area contributed by atoms with E-state index in [1.54, 1.807) is 18.2 Å². The average molecular weight is 418 g/mol. The number of nitrogens with zero attached hydrogens (tertiary/aromatic N) is 3. The summed E-state index contributed by atoms with van der Waals surface area (Å²) in [6.07, 6.45) is 1.06. The lowest BCUT2D eigenvalue weighted by Crippen LogP contribution is -2.42. The predicted octanol–water partition coefficient (Wildman–Crippen LogP) is 3.66. The molecule has 1 fully saturated rings. The summed E-state index contributed by atoms with van der Waals surface area (Å²) in [5.74, 6) is -1.01. The molecule has 0 bridgehead atoms. The van der Waals surface area contributed by atoms with E-state index in [0.29, 0.717) is 22.9 Å². The Labute approximate surface area is 160 Å². The summed E-state index contributed by atoms with van der Waals surface area (Å²) in [7, 11) is 0. The van der Waals surface area contributed by atoms with Gasteiger partial charge in [-0.25, -0.2) is 4.79 Å². The van der Waals surface area contributed by atoms with E-state index in [9.17, 15) is 15.0 Å². The molecule has 0 aliphatic carbocycles. The van der Waals surface area contributed by atoms with Crippen molar-refractivity contribution in [2.75, 3.05) is 13.1 Å². The SMILES string of the molecule is N#N.O=C(O)c1cc(Br)ccc1C1(O)CCN(Cc2ccccc2)CC1. The average Bonchev–Trinajstić information content (AvgIpc) is 2.66. The molecule has 0 amide bonds. The second-order valence-corrected chi connectivity index (χ2v) is 7.20.